The Hall–Kier alpha value is -2.99. The number of anilines is 1. The van der Waals surface area contributed by atoms with E-state index in [1.165, 1.54) is 11.3 Å². The number of carbonyl (C=O) groups excluding carboxylic acids is 2. The number of rotatable bonds is 6. The highest BCUT2D eigenvalue weighted by Gasteiger charge is 2.24. The van der Waals surface area contributed by atoms with Gasteiger partial charge in [-0.1, -0.05) is 62.4 Å². The first kappa shape index (κ1) is 21.7. The third kappa shape index (κ3) is 4.76. The zero-order valence-corrected chi connectivity index (χ0v) is 18.7. The Morgan fingerprint density at radius 3 is 2.37 bits per heavy atom. The third-order valence-electron chi connectivity index (χ3n) is 4.83. The van der Waals surface area contributed by atoms with Crippen molar-refractivity contribution in [3.8, 4) is 10.6 Å². The number of thiazole rings is 1. The summed E-state index contributed by atoms with van der Waals surface area (Å²) in [6.07, 6.45) is -0.932. The minimum Gasteiger partial charge on any atom is -0.448 e. The van der Waals surface area contributed by atoms with Gasteiger partial charge in [-0.2, -0.15) is 0 Å². The molecule has 0 aliphatic heterocycles. The maximum atomic E-state index is 12.7. The van der Waals surface area contributed by atoms with Crippen LogP contribution in [0.4, 0.5) is 5.69 Å². The third-order valence-corrected chi connectivity index (χ3v) is 6.02. The van der Waals surface area contributed by atoms with Gasteiger partial charge in [0.15, 0.2) is 6.10 Å². The van der Waals surface area contributed by atoms with Crippen molar-refractivity contribution < 1.29 is 14.3 Å². The lowest BCUT2D eigenvalue weighted by Gasteiger charge is -2.19. The fourth-order valence-corrected chi connectivity index (χ4v) is 4.08. The number of nitrogens with one attached hydrogen (secondary N) is 1. The smallest absolute Gasteiger partial charge is 0.351 e. The lowest BCUT2D eigenvalue weighted by molar-refractivity contribution is -0.123. The molecule has 0 spiro atoms. The van der Waals surface area contributed by atoms with Crippen LogP contribution in [0.2, 0.25) is 0 Å². The summed E-state index contributed by atoms with van der Waals surface area (Å²) in [5.74, 6) is -0.636. The van der Waals surface area contributed by atoms with Crippen LogP contribution in [0.5, 0.6) is 0 Å². The number of hydrogen-bond donors (Lipinski definition) is 1. The van der Waals surface area contributed by atoms with Crippen molar-refractivity contribution in [2.45, 2.75) is 46.6 Å². The van der Waals surface area contributed by atoms with Crippen LogP contribution in [-0.4, -0.2) is 23.0 Å². The molecule has 2 aromatic carbocycles. The molecule has 0 saturated carbocycles. The summed E-state index contributed by atoms with van der Waals surface area (Å²) < 4.78 is 5.46. The summed E-state index contributed by atoms with van der Waals surface area (Å²) in [5.41, 5.74) is 4.33. The van der Waals surface area contributed by atoms with Gasteiger partial charge in [0.25, 0.3) is 5.91 Å². The topological polar surface area (TPSA) is 68.3 Å². The molecule has 1 atom stereocenters. The van der Waals surface area contributed by atoms with E-state index in [2.05, 4.69) is 24.1 Å². The van der Waals surface area contributed by atoms with Crippen LogP contribution in [0.15, 0.2) is 48.5 Å². The standard InChI is InChI=1S/C24H26N2O3S/c1-14(2)19-13-9-10-15(3)20(19)26-22(27)17(5)29-24(28)21-16(4)25-23(30-21)18-11-7-6-8-12-18/h6-14,17H,1-5H3,(H,26,27)/t17-/m1/s1. The predicted octanol–water partition coefficient (Wildman–Crippen LogP) is 5.73. The van der Waals surface area contributed by atoms with E-state index in [4.69, 9.17) is 4.74 Å². The molecule has 0 bridgehead atoms. The first-order valence-electron chi connectivity index (χ1n) is 9.92. The van der Waals surface area contributed by atoms with Crippen molar-refractivity contribution in [2.75, 3.05) is 5.32 Å². The number of carbonyl (C=O) groups is 2. The maximum Gasteiger partial charge on any atom is 0.351 e. The molecule has 3 rings (SSSR count). The maximum absolute atomic E-state index is 12.7. The Kier molecular flexibility index (Phi) is 6.67. The van der Waals surface area contributed by atoms with Gasteiger partial charge in [-0.25, -0.2) is 9.78 Å². The van der Waals surface area contributed by atoms with Gasteiger partial charge in [-0.15, -0.1) is 11.3 Å². The average molecular weight is 423 g/mol. The summed E-state index contributed by atoms with van der Waals surface area (Å²) in [6.45, 7) is 9.45. The van der Waals surface area contributed by atoms with E-state index in [1.807, 2.05) is 55.5 Å². The molecular formula is C24H26N2O3S. The van der Waals surface area contributed by atoms with Crippen molar-refractivity contribution in [3.05, 3.63) is 70.2 Å². The zero-order valence-electron chi connectivity index (χ0n) is 17.9. The Morgan fingerprint density at radius 1 is 1.00 bits per heavy atom. The summed E-state index contributed by atoms with van der Waals surface area (Å²) in [7, 11) is 0. The number of amides is 1. The highest BCUT2D eigenvalue weighted by Crippen LogP contribution is 2.29. The molecule has 156 valence electrons. The van der Waals surface area contributed by atoms with Crippen molar-refractivity contribution in [3.63, 3.8) is 0 Å². The number of aromatic nitrogens is 1. The molecule has 0 saturated heterocycles. The summed E-state index contributed by atoms with van der Waals surface area (Å²) in [4.78, 5) is 30.3. The number of ether oxygens (including phenoxy) is 1. The van der Waals surface area contributed by atoms with Gasteiger partial charge >= 0.3 is 5.97 Å². The molecule has 30 heavy (non-hydrogen) atoms. The molecule has 3 aromatic rings. The Bertz CT molecular complexity index is 1060. The zero-order chi connectivity index (χ0) is 21.8. The monoisotopic (exact) mass is 422 g/mol. The van der Waals surface area contributed by atoms with Crippen molar-refractivity contribution in [2.24, 2.45) is 0 Å². The van der Waals surface area contributed by atoms with Crippen LogP contribution in [0, 0.1) is 13.8 Å². The molecule has 5 nitrogen and oxygen atoms in total. The molecule has 0 radical (unpaired) electrons. The summed E-state index contributed by atoms with van der Waals surface area (Å²) in [5, 5.41) is 3.68. The van der Waals surface area contributed by atoms with Crippen LogP contribution in [0.1, 0.15) is 53.2 Å². The number of nitrogens with zero attached hydrogens (tertiary/aromatic N) is 1. The number of esters is 1. The van der Waals surface area contributed by atoms with Crippen molar-refractivity contribution in [1.82, 2.24) is 4.98 Å². The highest BCUT2D eigenvalue weighted by molar-refractivity contribution is 7.17. The molecule has 0 aliphatic carbocycles. The van der Waals surface area contributed by atoms with Crippen LogP contribution in [-0.2, 0) is 9.53 Å². The van der Waals surface area contributed by atoms with E-state index in [0.717, 1.165) is 27.4 Å². The van der Waals surface area contributed by atoms with Crippen LogP contribution >= 0.6 is 11.3 Å². The summed E-state index contributed by atoms with van der Waals surface area (Å²) >= 11 is 1.27. The Morgan fingerprint density at radius 2 is 1.70 bits per heavy atom. The van der Waals surface area contributed by atoms with Gasteiger partial charge < -0.3 is 10.1 Å². The van der Waals surface area contributed by atoms with E-state index >= 15 is 0 Å². The second kappa shape index (κ2) is 9.22. The number of hydrogen-bond acceptors (Lipinski definition) is 5. The van der Waals surface area contributed by atoms with Gasteiger partial charge in [0.1, 0.15) is 9.88 Å². The minimum absolute atomic E-state index is 0.259. The predicted molar refractivity (Wildman–Crippen MR) is 121 cm³/mol. The van der Waals surface area contributed by atoms with Crippen LogP contribution in [0.25, 0.3) is 10.6 Å². The highest BCUT2D eigenvalue weighted by atomic mass is 32.1. The van der Waals surface area contributed by atoms with E-state index in [1.54, 1.807) is 13.8 Å². The second-order valence-electron chi connectivity index (χ2n) is 7.53. The van der Waals surface area contributed by atoms with Crippen LogP contribution in [0.3, 0.4) is 0 Å². The quantitative estimate of drug-likeness (QED) is 0.515. The first-order valence-corrected chi connectivity index (χ1v) is 10.7. The van der Waals surface area contributed by atoms with Gasteiger partial charge in [-0.05, 0) is 37.8 Å². The SMILES string of the molecule is Cc1cccc(C(C)C)c1NC(=O)[C@@H](C)OC(=O)c1sc(-c2ccccc2)nc1C. The van der Waals surface area contributed by atoms with Gasteiger partial charge in [0, 0.05) is 11.3 Å². The van der Waals surface area contributed by atoms with Crippen LogP contribution < -0.4 is 5.32 Å². The molecule has 0 fully saturated rings. The number of aryl methyl sites for hydroxylation is 2. The van der Waals surface area contributed by atoms with E-state index < -0.39 is 12.1 Å². The number of benzene rings is 2. The normalized spacial score (nSPS) is 11.9. The van der Waals surface area contributed by atoms with Crippen molar-refractivity contribution >= 4 is 28.9 Å². The van der Waals surface area contributed by atoms with Gasteiger partial charge in [-0.3, -0.25) is 4.79 Å². The van der Waals surface area contributed by atoms with Gasteiger partial charge in [0.05, 0.1) is 5.69 Å². The fraction of sp³-hybridized carbons (Fsp3) is 0.292. The molecule has 1 heterocycles. The average Bonchev–Trinajstić information content (AvgIpc) is 3.11. The molecular weight excluding hydrogens is 396 g/mol. The fourth-order valence-electron chi connectivity index (χ4n) is 3.12. The Balaban J connectivity index is 1.72. The molecule has 0 unspecified atom stereocenters. The molecule has 1 aromatic heterocycles. The molecule has 1 amide bonds. The van der Waals surface area contributed by atoms with E-state index in [-0.39, 0.29) is 11.8 Å². The molecule has 6 heteroatoms. The lowest BCUT2D eigenvalue weighted by atomic mass is 9.98. The molecule has 1 N–H and O–H groups in total. The van der Waals surface area contributed by atoms with E-state index in [9.17, 15) is 9.59 Å². The van der Waals surface area contributed by atoms with E-state index in [0.29, 0.717) is 10.6 Å². The second-order valence-corrected chi connectivity index (χ2v) is 8.53. The number of para-hydroxylation sites is 1. The Labute approximate surface area is 181 Å². The largest absolute Gasteiger partial charge is 0.448 e. The first-order chi connectivity index (χ1) is 14.3. The van der Waals surface area contributed by atoms with Gasteiger partial charge in [0.2, 0.25) is 0 Å². The lowest BCUT2D eigenvalue weighted by Crippen LogP contribution is -2.30. The summed E-state index contributed by atoms with van der Waals surface area (Å²) in [6, 6.07) is 15.6. The van der Waals surface area contributed by atoms with Crippen molar-refractivity contribution in [1.29, 1.82) is 0 Å². The molecule has 0 aliphatic rings. The minimum atomic E-state index is -0.932.